The average molecular weight is 266 g/mol. The smallest absolute Gasteiger partial charge is 0.193 e. The van der Waals surface area contributed by atoms with Crippen LogP contribution in [0.25, 0.3) is 0 Å². The maximum Gasteiger partial charge on any atom is 0.193 e. The molecule has 1 saturated heterocycles. The van der Waals surface area contributed by atoms with Gasteiger partial charge in [-0.1, -0.05) is 42.5 Å². The first-order valence-corrected chi connectivity index (χ1v) is 7.00. The van der Waals surface area contributed by atoms with Gasteiger partial charge in [-0.05, 0) is 12.1 Å². The van der Waals surface area contributed by atoms with E-state index in [2.05, 4.69) is 16.3 Å². The fraction of sp³-hybridized carbons (Fsp3) is 0.235. The number of hydrogen-bond acceptors (Lipinski definition) is 3. The minimum atomic E-state index is 0.0857. The van der Waals surface area contributed by atoms with E-state index >= 15 is 0 Å². The molecule has 1 N–H and O–H groups in total. The SMILES string of the molecule is O=C(c1ccccc1)c1cccc(N2CCNCC2)c1. The maximum absolute atomic E-state index is 12.5. The summed E-state index contributed by atoms with van der Waals surface area (Å²) in [5, 5.41) is 3.34. The molecule has 1 aliphatic rings. The van der Waals surface area contributed by atoms with Crippen LogP contribution in [0.5, 0.6) is 0 Å². The number of rotatable bonds is 3. The van der Waals surface area contributed by atoms with Crippen molar-refractivity contribution in [3.05, 3.63) is 65.7 Å². The molecule has 3 nitrogen and oxygen atoms in total. The third-order valence-corrected chi connectivity index (χ3v) is 3.63. The van der Waals surface area contributed by atoms with Crippen LogP contribution in [-0.2, 0) is 0 Å². The van der Waals surface area contributed by atoms with Crippen LogP contribution in [0.4, 0.5) is 5.69 Å². The molecule has 3 heteroatoms. The van der Waals surface area contributed by atoms with Gasteiger partial charge in [-0.25, -0.2) is 0 Å². The van der Waals surface area contributed by atoms with Crippen molar-refractivity contribution in [2.45, 2.75) is 0 Å². The quantitative estimate of drug-likeness (QED) is 0.865. The summed E-state index contributed by atoms with van der Waals surface area (Å²) in [7, 11) is 0. The molecule has 0 aromatic heterocycles. The fourth-order valence-electron chi connectivity index (χ4n) is 2.52. The minimum Gasteiger partial charge on any atom is -0.369 e. The highest BCUT2D eigenvalue weighted by Gasteiger charge is 2.13. The summed E-state index contributed by atoms with van der Waals surface area (Å²) in [5.41, 5.74) is 2.63. The molecule has 2 aromatic rings. The second kappa shape index (κ2) is 5.88. The average Bonchev–Trinajstić information content (AvgIpc) is 2.56. The van der Waals surface area contributed by atoms with E-state index in [1.165, 1.54) is 0 Å². The first kappa shape index (κ1) is 12.9. The molecule has 2 aromatic carbocycles. The summed E-state index contributed by atoms with van der Waals surface area (Å²) in [6.45, 7) is 3.97. The van der Waals surface area contributed by atoms with Gasteiger partial charge in [-0.2, -0.15) is 0 Å². The molecule has 0 spiro atoms. The Bertz CT molecular complexity index is 589. The summed E-state index contributed by atoms with van der Waals surface area (Å²) in [6, 6.07) is 17.4. The third-order valence-electron chi connectivity index (χ3n) is 3.63. The molecule has 0 atom stereocenters. The second-order valence-corrected chi connectivity index (χ2v) is 4.98. The Labute approximate surface area is 119 Å². The van der Waals surface area contributed by atoms with Gasteiger partial charge in [0.2, 0.25) is 0 Å². The number of benzene rings is 2. The van der Waals surface area contributed by atoms with Crippen molar-refractivity contribution in [1.82, 2.24) is 5.32 Å². The Hall–Kier alpha value is -2.13. The van der Waals surface area contributed by atoms with Crippen LogP contribution in [0.15, 0.2) is 54.6 Å². The van der Waals surface area contributed by atoms with Gasteiger partial charge in [0, 0.05) is 43.0 Å². The Kier molecular flexibility index (Phi) is 3.79. The fourth-order valence-corrected chi connectivity index (χ4v) is 2.52. The molecule has 0 aliphatic carbocycles. The van der Waals surface area contributed by atoms with Crippen molar-refractivity contribution >= 4 is 11.5 Å². The van der Waals surface area contributed by atoms with E-state index in [4.69, 9.17) is 0 Å². The van der Waals surface area contributed by atoms with E-state index in [0.29, 0.717) is 0 Å². The standard InChI is InChI=1S/C17H18N2O/c20-17(14-5-2-1-3-6-14)15-7-4-8-16(13-15)19-11-9-18-10-12-19/h1-8,13,18H,9-12H2. The predicted octanol–water partition coefficient (Wildman–Crippen LogP) is 2.33. The van der Waals surface area contributed by atoms with Crippen LogP contribution in [0.1, 0.15) is 15.9 Å². The van der Waals surface area contributed by atoms with Gasteiger partial charge in [0.25, 0.3) is 0 Å². The number of nitrogens with one attached hydrogen (secondary N) is 1. The maximum atomic E-state index is 12.5. The highest BCUT2D eigenvalue weighted by molar-refractivity contribution is 6.09. The Morgan fingerprint density at radius 3 is 2.35 bits per heavy atom. The van der Waals surface area contributed by atoms with E-state index < -0.39 is 0 Å². The lowest BCUT2D eigenvalue weighted by molar-refractivity contribution is 0.103. The first-order valence-electron chi connectivity index (χ1n) is 7.00. The number of piperazine rings is 1. The van der Waals surface area contributed by atoms with E-state index in [-0.39, 0.29) is 5.78 Å². The van der Waals surface area contributed by atoms with Crippen molar-refractivity contribution in [2.24, 2.45) is 0 Å². The number of carbonyl (C=O) groups excluding carboxylic acids is 1. The topological polar surface area (TPSA) is 32.3 Å². The Balaban J connectivity index is 1.85. The van der Waals surface area contributed by atoms with Crippen molar-refractivity contribution < 1.29 is 4.79 Å². The normalized spacial score (nSPS) is 15.1. The lowest BCUT2D eigenvalue weighted by Gasteiger charge is -2.29. The van der Waals surface area contributed by atoms with Crippen molar-refractivity contribution in [3.8, 4) is 0 Å². The van der Waals surface area contributed by atoms with Crippen LogP contribution in [0.3, 0.4) is 0 Å². The van der Waals surface area contributed by atoms with Crippen LogP contribution >= 0.6 is 0 Å². The van der Waals surface area contributed by atoms with Gasteiger partial charge in [0.15, 0.2) is 5.78 Å². The lowest BCUT2D eigenvalue weighted by atomic mass is 10.0. The van der Waals surface area contributed by atoms with Gasteiger partial charge in [-0.15, -0.1) is 0 Å². The number of carbonyl (C=O) groups is 1. The highest BCUT2D eigenvalue weighted by atomic mass is 16.1. The number of ketones is 1. The van der Waals surface area contributed by atoms with Crippen molar-refractivity contribution in [1.29, 1.82) is 0 Å². The van der Waals surface area contributed by atoms with Crippen LogP contribution in [0.2, 0.25) is 0 Å². The molecule has 0 saturated carbocycles. The minimum absolute atomic E-state index is 0.0857. The number of hydrogen-bond donors (Lipinski definition) is 1. The number of nitrogens with zero attached hydrogens (tertiary/aromatic N) is 1. The van der Waals surface area contributed by atoms with Crippen LogP contribution in [0, 0.1) is 0 Å². The lowest BCUT2D eigenvalue weighted by Crippen LogP contribution is -2.43. The third kappa shape index (κ3) is 2.73. The Morgan fingerprint density at radius 2 is 1.60 bits per heavy atom. The summed E-state index contributed by atoms with van der Waals surface area (Å²) in [4.78, 5) is 14.8. The Morgan fingerprint density at radius 1 is 0.900 bits per heavy atom. The number of anilines is 1. The molecular weight excluding hydrogens is 248 g/mol. The molecule has 0 radical (unpaired) electrons. The summed E-state index contributed by atoms with van der Waals surface area (Å²) in [6.07, 6.45) is 0. The second-order valence-electron chi connectivity index (χ2n) is 4.98. The molecule has 1 heterocycles. The van der Waals surface area contributed by atoms with Crippen molar-refractivity contribution in [3.63, 3.8) is 0 Å². The van der Waals surface area contributed by atoms with E-state index in [1.807, 2.05) is 48.5 Å². The highest BCUT2D eigenvalue weighted by Crippen LogP contribution is 2.19. The molecule has 102 valence electrons. The van der Waals surface area contributed by atoms with Crippen LogP contribution in [-0.4, -0.2) is 32.0 Å². The van der Waals surface area contributed by atoms with Gasteiger partial charge in [0.1, 0.15) is 0 Å². The molecular formula is C17H18N2O. The molecule has 0 unspecified atom stereocenters. The largest absolute Gasteiger partial charge is 0.369 e. The summed E-state index contributed by atoms with van der Waals surface area (Å²) in [5.74, 6) is 0.0857. The molecule has 1 fully saturated rings. The van der Waals surface area contributed by atoms with Gasteiger partial charge < -0.3 is 10.2 Å². The van der Waals surface area contributed by atoms with Crippen LogP contribution < -0.4 is 10.2 Å². The predicted molar refractivity (Wildman–Crippen MR) is 81.4 cm³/mol. The van der Waals surface area contributed by atoms with E-state index in [1.54, 1.807) is 0 Å². The molecule has 0 bridgehead atoms. The zero-order chi connectivity index (χ0) is 13.8. The molecule has 3 rings (SSSR count). The molecule has 1 aliphatic heterocycles. The summed E-state index contributed by atoms with van der Waals surface area (Å²) >= 11 is 0. The van der Waals surface area contributed by atoms with Gasteiger partial charge in [0.05, 0.1) is 0 Å². The zero-order valence-corrected chi connectivity index (χ0v) is 11.4. The zero-order valence-electron chi connectivity index (χ0n) is 11.4. The monoisotopic (exact) mass is 266 g/mol. The van der Waals surface area contributed by atoms with E-state index in [9.17, 15) is 4.79 Å². The molecule has 0 amide bonds. The van der Waals surface area contributed by atoms with Gasteiger partial charge in [-0.3, -0.25) is 4.79 Å². The first-order chi connectivity index (χ1) is 9.84. The summed E-state index contributed by atoms with van der Waals surface area (Å²) < 4.78 is 0. The molecule has 20 heavy (non-hydrogen) atoms. The van der Waals surface area contributed by atoms with Gasteiger partial charge >= 0.3 is 0 Å². The van der Waals surface area contributed by atoms with Crippen molar-refractivity contribution in [2.75, 3.05) is 31.1 Å². The van der Waals surface area contributed by atoms with E-state index in [0.717, 1.165) is 43.0 Å².